The van der Waals surface area contributed by atoms with Crippen LogP contribution < -0.4 is 0 Å². The van der Waals surface area contributed by atoms with Gasteiger partial charge in [0.05, 0.1) is 36.9 Å². The summed E-state index contributed by atoms with van der Waals surface area (Å²) in [4.78, 5) is 27.3. The van der Waals surface area contributed by atoms with Crippen molar-refractivity contribution in [3.63, 3.8) is 0 Å². The molecule has 1 N–H and O–H groups in total. The number of hydrogen-bond acceptors (Lipinski definition) is 10. The van der Waals surface area contributed by atoms with Crippen molar-refractivity contribution in [2.75, 3.05) is 14.2 Å². The predicted molar refractivity (Wildman–Crippen MR) is 208 cm³/mol. The lowest BCUT2D eigenvalue weighted by atomic mass is 9.79. The van der Waals surface area contributed by atoms with Crippen LogP contribution in [0.2, 0.25) is 18.1 Å². The number of amides is 1. The summed E-state index contributed by atoms with van der Waals surface area (Å²) in [6, 6.07) is -0.405. The highest BCUT2D eigenvalue weighted by Crippen LogP contribution is 2.50. The maximum atomic E-state index is 13.7. The third-order valence-electron chi connectivity index (χ3n) is 12.5. The molecule has 14 atom stereocenters. The van der Waals surface area contributed by atoms with E-state index in [-0.39, 0.29) is 46.8 Å². The summed E-state index contributed by atoms with van der Waals surface area (Å²) < 4.78 is 46.1. The Labute approximate surface area is 328 Å². The molecule has 1 amide bonds. The third kappa shape index (κ3) is 8.84. The van der Waals surface area contributed by atoms with Gasteiger partial charge in [-0.2, -0.15) is 0 Å². The van der Waals surface area contributed by atoms with Gasteiger partial charge in [-0.1, -0.05) is 83.4 Å². The molecule has 4 aliphatic heterocycles. The van der Waals surface area contributed by atoms with Crippen LogP contribution in [-0.4, -0.2) is 110 Å². The molecule has 5 aliphatic rings. The number of nitrogens with zero attached hydrogens (tertiary/aromatic N) is 1. The summed E-state index contributed by atoms with van der Waals surface area (Å²) in [6.07, 6.45) is 5.31. The maximum Gasteiger partial charge on any atom is 0.402 e. The van der Waals surface area contributed by atoms with Crippen LogP contribution in [0.5, 0.6) is 0 Å². The Hall–Kier alpha value is -2.21. The van der Waals surface area contributed by atoms with E-state index in [1.165, 1.54) is 0 Å². The number of ether oxygens (including phenoxy) is 7. The van der Waals surface area contributed by atoms with Gasteiger partial charge >= 0.3 is 12.1 Å². The van der Waals surface area contributed by atoms with Crippen LogP contribution in [0.15, 0.2) is 36.0 Å². The topological polar surface area (TPSA) is 122 Å². The number of hydrogen-bond donors (Lipinski definition) is 1. The van der Waals surface area contributed by atoms with Crippen molar-refractivity contribution in [3.8, 4) is 11.8 Å². The van der Waals surface area contributed by atoms with Crippen LogP contribution >= 0.6 is 11.6 Å². The molecule has 0 spiro atoms. The average molecular weight is 792 g/mol. The first kappa shape index (κ1) is 42.9. The van der Waals surface area contributed by atoms with E-state index in [4.69, 9.17) is 44.8 Å². The highest BCUT2D eigenvalue weighted by atomic mass is 35.5. The van der Waals surface area contributed by atoms with Crippen molar-refractivity contribution < 1.29 is 47.9 Å². The first-order valence-corrected chi connectivity index (χ1v) is 22.7. The van der Waals surface area contributed by atoms with Gasteiger partial charge in [-0.25, -0.2) is 4.79 Å². The molecule has 3 saturated heterocycles. The minimum atomic E-state index is -2.40. The Bertz CT molecular complexity index is 1550. The second-order valence-electron chi connectivity index (χ2n) is 17.7. The number of esters is 1. The van der Waals surface area contributed by atoms with Crippen LogP contribution in [-0.2, 0) is 38.0 Å². The van der Waals surface area contributed by atoms with Crippen molar-refractivity contribution in [2.45, 2.75) is 165 Å². The summed E-state index contributed by atoms with van der Waals surface area (Å²) >= 11 is 6.04. The average Bonchev–Trinajstić information content (AvgIpc) is 3.68. The quantitative estimate of drug-likeness (QED) is 0.0730. The first-order valence-electron chi connectivity index (χ1n) is 19.3. The molecule has 0 aromatic carbocycles. The molecule has 0 aromatic heterocycles. The zero-order valence-electron chi connectivity index (χ0n) is 34.1. The maximum absolute atomic E-state index is 13.7. The number of fused-ring (bicyclic) bond motifs is 3. The monoisotopic (exact) mass is 791 g/mol. The normalized spacial score (nSPS) is 42.9. The standard InChI is InChI=1S/C41H62ClNO10Si/c1-24-19-29(18-16-14-13-15-17-28-21-30(28)42)50-33(44)23-41(46)22-32(26(3)34(52-41)25(2)31(20-24)47-9)51-37-36(48-10)40(8)35(27(4)49-37)43(38(45)53-40)54(11,12)39(5,6)7/h13-14,16,18,20,25-32,34-37,46H,19,21-23H2,1-12H3/b14-13+,18-16+,24-20+/t25-,26-,27+,28+,29+,30+,31-,32+,34+,35-,36+,37+,40-,41+/m1/s1. The first-order chi connectivity index (χ1) is 25.2. The molecule has 4 fully saturated rings. The molecule has 2 bridgehead atoms. The highest BCUT2D eigenvalue weighted by molar-refractivity contribution is 6.79. The molecule has 1 aliphatic carbocycles. The van der Waals surface area contributed by atoms with E-state index in [9.17, 15) is 14.7 Å². The van der Waals surface area contributed by atoms with Crippen molar-refractivity contribution >= 4 is 31.9 Å². The van der Waals surface area contributed by atoms with Crippen molar-refractivity contribution in [2.24, 2.45) is 17.8 Å². The van der Waals surface area contributed by atoms with E-state index in [1.807, 2.05) is 45.3 Å². The Morgan fingerprint density at radius 3 is 2.41 bits per heavy atom. The zero-order valence-corrected chi connectivity index (χ0v) is 35.8. The SMILES string of the molecule is CO[C@@H]1/C=C(\C)C[C@H](/C=C/C=C/C#C[C@H]2C[C@@H]2Cl)OC(=O)C[C@]2(O)C[C@H](O[C@@H]3O[C@@H](C)[C@H]4N([Si](C)(C)C(C)(C)C)C(=O)O[C@@]4(C)[C@H]3OC)[C@@H](C)[C@@H](O2)[C@@H]1C. The van der Waals surface area contributed by atoms with Gasteiger partial charge in [0.25, 0.3) is 0 Å². The van der Waals surface area contributed by atoms with Crippen molar-refractivity contribution in [1.29, 1.82) is 0 Å². The number of carbonyl (C=O) groups is 2. The summed E-state index contributed by atoms with van der Waals surface area (Å²) in [5.74, 6) is 3.33. The van der Waals surface area contributed by atoms with Crippen LogP contribution in [0.1, 0.15) is 81.1 Å². The van der Waals surface area contributed by atoms with E-state index in [1.54, 1.807) is 38.5 Å². The summed E-state index contributed by atoms with van der Waals surface area (Å²) in [6.45, 7) is 20.6. The fraction of sp³-hybridized carbons (Fsp3) is 0.756. The molecule has 54 heavy (non-hydrogen) atoms. The number of cyclic esters (lactones) is 1. The third-order valence-corrected chi connectivity index (χ3v) is 18.4. The molecule has 0 aromatic rings. The van der Waals surface area contributed by atoms with Gasteiger partial charge in [0.1, 0.15) is 12.2 Å². The van der Waals surface area contributed by atoms with Gasteiger partial charge in [0.15, 0.2) is 25.9 Å². The summed E-state index contributed by atoms with van der Waals surface area (Å²) in [5, 5.41) is 12.1. The molecule has 0 radical (unpaired) electrons. The molecule has 4 heterocycles. The Kier molecular flexibility index (Phi) is 13.0. The van der Waals surface area contributed by atoms with Crippen molar-refractivity contribution in [3.05, 3.63) is 36.0 Å². The predicted octanol–water partition coefficient (Wildman–Crippen LogP) is 6.88. The van der Waals surface area contributed by atoms with Crippen LogP contribution in [0.3, 0.4) is 0 Å². The van der Waals surface area contributed by atoms with Crippen LogP contribution in [0, 0.1) is 29.6 Å². The Balaban J connectivity index is 1.40. The molecule has 5 rings (SSSR count). The highest BCUT2D eigenvalue weighted by Gasteiger charge is 2.68. The number of allylic oxidation sites excluding steroid dienone is 3. The van der Waals surface area contributed by atoms with E-state index in [0.717, 1.165) is 12.0 Å². The number of carbonyl (C=O) groups excluding carboxylic acids is 2. The number of halogens is 1. The van der Waals surface area contributed by atoms with Gasteiger partial charge in [-0.15, -0.1) is 11.6 Å². The van der Waals surface area contributed by atoms with Crippen LogP contribution in [0.25, 0.3) is 0 Å². The minimum Gasteiger partial charge on any atom is -0.458 e. The molecule has 11 nitrogen and oxygen atoms in total. The van der Waals surface area contributed by atoms with E-state index < -0.39 is 74.9 Å². The summed E-state index contributed by atoms with van der Waals surface area (Å²) in [7, 11) is 0.810. The van der Waals surface area contributed by atoms with Crippen molar-refractivity contribution in [1.82, 2.24) is 4.57 Å². The second-order valence-corrected chi connectivity index (χ2v) is 23.3. The largest absolute Gasteiger partial charge is 0.458 e. The molecular weight excluding hydrogens is 730 g/mol. The second kappa shape index (κ2) is 16.3. The number of rotatable bonds is 7. The lowest BCUT2D eigenvalue weighted by Gasteiger charge is -2.54. The molecule has 0 unspecified atom stereocenters. The fourth-order valence-electron chi connectivity index (χ4n) is 8.38. The molecule has 13 heteroatoms. The minimum absolute atomic E-state index is 0.0359. The van der Waals surface area contributed by atoms with E-state index >= 15 is 0 Å². The zero-order chi connectivity index (χ0) is 40.0. The molecule has 302 valence electrons. The van der Waals surface area contributed by atoms with E-state index in [0.29, 0.717) is 6.42 Å². The fourth-order valence-corrected chi connectivity index (χ4v) is 11.0. The van der Waals surface area contributed by atoms with Gasteiger partial charge < -0.3 is 42.8 Å². The van der Waals surface area contributed by atoms with E-state index in [2.05, 4.69) is 45.7 Å². The van der Waals surface area contributed by atoms with Gasteiger partial charge in [0, 0.05) is 50.2 Å². The number of alkyl halides is 1. The molecule has 1 saturated carbocycles. The number of methoxy groups -OCH3 is 2. The lowest BCUT2D eigenvalue weighted by molar-refractivity contribution is -0.349. The summed E-state index contributed by atoms with van der Waals surface area (Å²) in [5.41, 5.74) is -0.109. The Morgan fingerprint density at radius 2 is 1.80 bits per heavy atom. The smallest absolute Gasteiger partial charge is 0.402 e. The van der Waals surface area contributed by atoms with Gasteiger partial charge in [-0.05, 0) is 44.4 Å². The van der Waals surface area contributed by atoms with Gasteiger partial charge in [0.2, 0.25) is 0 Å². The lowest BCUT2D eigenvalue weighted by Crippen LogP contribution is -2.71. The van der Waals surface area contributed by atoms with Gasteiger partial charge in [-0.3, -0.25) is 4.79 Å². The number of aliphatic hydroxyl groups is 1. The molecular formula is C41H62ClNO10Si. The Morgan fingerprint density at radius 1 is 1.11 bits per heavy atom. The van der Waals surface area contributed by atoms with Crippen LogP contribution in [0.4, 0.5) is 4.79 Å².